The second-order valence-electron chi connectivity index (χ2n) is 4.17. The van der Waals surface area contributed by atoms with Gasteiger partial charge in [-0.1, -0.05) is 24.3 Å². The molecule has 7 heteroatoms. The lowest BCUT2D eigenvalue weighted by atomic mass is 10.0. The van der Waals surface area contributed by atoms with Crippen LogP contribution in [0.4, 0.5) is 22.0 Å². The first-order valence-electron chi connectivity index (χ1n) is 5.75. The van der Waals surface area contributed by atoms with Gasteiger partial charge in [-0.25, -0.2) is 8.78 Å². The van der Waals surface area contributed by atoms with Gasteiger partial charge in [0.25, 0.3) is 0 Å². The Morgan fingerprint density at radius 2 is 1.67 bits per heavy atom. The van der Waals surface area contributed by atoms with Gasteiger partial charge in [0.15, 0.2) is 11.6 Å². The Morgan fingerprint density at radius 3 is 2.33 bits per heavy atom. The smallest absolute Gasteiger partial charge is 0.406 e. The van der Waals surface area contributed by atoms with Crippen LogP contribution < -0.4 is 4.74 Å². The van der Waals surface area contributed by atoms with Crippen LogP contribution in [0.5, 0.6) is 5.75 Å². The SMILES string of the molecule is OC(c1cccc(OC(F)(F)F)c1)c1cccc(F)c1F. The molecule has 1 N–H and O–H groups in total. The maximum absolute atomic E-state index is 13.6. The van der Waals surface area contributed by atoms with Gasteiger partial charge in [-0.2, -0.15) is 0 Å². The van der Waals surface area contributed by atoms with Crippen LogP contribution in [0.15, 0.2) is 42.5 Å². The summed E-state index contributed by atoms with van der Waals surface area (Å²) in [5, 5.41) is 9.98. The van der Waals surface area contributed by atoms with Crippen molar-refractivity contribution in [3.63, 3.8) is 0 Å². The van der Waals surface area contributed by atoms with E-state index in [1.54, 1.807) is 0 Å². The second-order valence-corrected chi connectivity index (χ2v) is 4.17. The van der Waals surface area contributed by atoms with Crippen LogP contribution in [-0.2, 0) is 0 Å². The topological polar surface area (TPSA) is 29.5 Å². The van der Waals surface area contributed by atoms with Crippen molar-refractivity contribution in [1.82, 2.24) is 0 Å². The summed E-state index contributed by atoms with van der Waals surface area (Å²) in [4.78, 5) is 0. The lowest BCUT2D eigenvalue weighted by Gasteiger charge is -2.15. The highest BCUT2D eigenvalue weighted by Crippen LogP contribution is 2.29. The third-order valence-corrected chi connectivity index (χ3v) is 2.68. The first kappa shape index (κ1) is 15.2. The van der Waals surface area contributed by atoms with Crippen molar-refractivity contribution in [3.05, 3.63) is 65.2 Å². The van der Waals surface area contributed by atoms with Crippen LogP contribution >= 0.6 is 0 Å². The molecule has 2 nitrogen and oxygen atoms in total. The van der Waals surface area contributed by atoms with Crippen molar-refractivity contribution >= 4 is 0 Å². The number of aliphatic hydroxyl groups is 1. The normalized spacial score (nSPS) is 13.0. The highest BCUT2D eigenvalue weighted by Gasteiger charge is 2.31. The third kappa shape index (κ3) is 3.69. The van der Waals surface area contributed by atoms with E-state index in [0.717, 1.165) is 24.3 Å². The number of hydrogen-bond donors (Lipinski definition) is 1. The van der Waals surface area contributed by atoms with Gasteiger partial charge in [-0.15, -0.1) is 13.2 Å². The van der Waals surface area contributed by atoms with E-state index in [1.807, 2.05) is 0 Å². The van der Waals surface area contributed by atoms with Crippen molar-refractivity contribution < 1.29 is 31.8 Å². The molecule has 21 heavy (non-hydrogen) atoms. The molecule has 0 heterocycles. The Labute approximate surface area is 116 Å². The molecule has 0 aliphatic heterocycles. The van der Waals surface area contributed by atoms with Crippen LogP contribution in [0.3, 0.4) is 0 Å². The molecule has 2 aromatic carbocycles. The van der Waals surface area contributed by atoms with Gasteiger partial charge >= 0.3 is 6.36 Å². The molecule has 112 valence electrons. The lowest BCUT2D eigenvalue weighted by Crippen LogP contribution is -2.17. The minimum absolute atomic E-state index is 0.0544. The maximum atomic E-state index is 13.6. The molecule has 2 rings (SSSR count). The minimum Gasteiger partial charge on any atom is -0.406 e. The first-order chi connectivity index (χ1) is 9.78. The first-order valence-corrected chi connectivity index (χ1v) is 5.75. The van der Waals surface area contributed by atoms with Gasteiger partial charge in [-0.05, 0) is 23.8 Å². The van der Waals surface area contributed by atoms with E-state index in [0.29, 0.717) is 0 Å². The summed E-state index contributed by atoms with van der Waals surface area (Å²) in [5.41, 5.74) is -0.430. The van der Waals surface area contributed by atoms with E-state index in [2.05, 4.69) is 4.74 Å². The van der Waals surface area contributed by atoms with Crippen LogP contribution in [0.2, 0.25) is 0 Å². The summed E-state index contributed by atoms with van der Waals surface area (Å²) in [6.07, 6.45) is -6.49. The summed E-state index contributed by atoms with van der Waals surface area (Å²) in [7, 11) is 0. The monoisotopic (exact) mass is 304 g/mol. The summed E-state index contributed by atoms with van der Waals surface area (Å²) in [6.45, 7) is 0. The van der Waals surface area contributed by atoms with E-state index in [-0.39, 0.29) is 11.1 Å². The number of rotatable bonds is 3. The number of ether oxygens (including phenoxy) is 1. The summed E-state index contributed by atoms with van der Waals surface area (Å²) in [5.74, 6) is -2.97. The van der Waals surface area contributed by atoms with E-state index in [9.17, 15) is 27.1 Å². The number of alkyl halides is 3. The van der Waals surface area contributed by atoms with Gasteiger partial charge in [0.05, 0.1) is 0 Å². The van der Waals surface area contributed by atoms with Crippen LogP contribution in [-0.4, -0.2) is 11.5 Å². The highest BCUT2D eigenvalue weighted by atomic mass is 19.4. The van der Waals surface area contributed by atoms with Crippen molar-refractivity contribution in [3.8, 4) is 5.75 Å². The summed E-state index contributed by atoms with van der Waals surface area (Å²) in [6, 6.07) is 7.62. The van der Waals surface area contributed by atoms with Crippen molar-refractivity contribution in [1.29, 1.82) is 0 Å². The molecule has 1 unspecified atom stereocenters. The van der Waals surface area contributed by atoms with Crippen molar-refractivity contribution in [2.24, 2.45) is 0 Å². The molecule has 0 fully saturated rings. The largest absolute Gasteiger partial charge is 0.573 e. The molecule has 0 aromatic heterocycles. The fourth-order valence-electron chi connectivity index (χ4n) is 1.79. The van der Waals surface area contributed by atoms with Crippen LogP contribution in [0.25, 0.3) is 0 Å². The van der Waals surface area contributed by atoms with Gasteiger partial charge in [-0.3, -0.25) is 0 Å². The predicted octanol–water partition coefficient (Wildman–Crippen LogP) is 3.95. The number of halogens is 5. The van der Waals surface area contributed by atoms with E-state index in [1.165, 1.54) is 18.2 Å². The Bertz CT molecular complexity index is 640. The molecule has 0 bridgehead atoms. The molecule has 0 aliphatic carbocycles. The lowest BCUT2D eigenvalue weighted by molar-refractivity contribution is -0.274. The second kappa shape index (κ2) is 5.69. The van der Waals surface area contributed by atoms with E-state index in [4.69, 9.17) is 0 Å². The molecular formula is C14H9F5O2. The zero-order chi connectivity index (χ0) is 15.6. The Hall–Kier alpha value is -2.15. The predicted molar refractivity (Wildman–Crippen MR) is 63.5 cm³/mol. The molecule has 0 saturated heterocycles. The number of aliphatic hydroxyl groups excluding tert-OH is 1. The van der Waals surface area contributed by atoms with Crippen LogP contribution in [0, 0.1) is 11.6 Å². The molecule has 1 atom stereocenters. The quantitative estimate of drug-likeness (QED) is 0.870. The maximum Gasteiger partial charge on any atom is 0.573 e. The summed E-state index contributed by atoms with van der Waals surface area (Å²) >= 11 is 0. The fraction of sp³-hybridized carbons (Fsp3) is 0.143. The molecule has 0 spiro atoms. The molecular weight excluding hydrogens is 295 g/mol. The number of benzene rings is 2. The van der Waals surface area contributed by atoms with Gasteiger partial charge < -0.3 is 9.84 Å². The highest BCUT2D eigenvalue weighted by molar-refractivity contribution is 5.36. The molecule has 0 amide bonds. The van der Waals surface area contributed by atoms with Gasteiger partial charge in [0.2, 0.25) is 0 Å². The Kier molecular flexibility index (Phi) is 4.13. The fourth-order valence-corrected chi connectivity index (χ4v) is 1.79. The summed E-state index contributed by atoms with van der Waals surface area (Å²) < 4.78 is 66.7. The van der Waals surface area contributed by atoms with E-state index >= 15 is 0 Å². The molecule has 0 saturated carbocycles. The number of hydrogen-bond acceptors (Lipinski definition) is 2. The Balaban J connectivity index is 2.33. The molecule has 0 radical (unpaired) electrons. The van der Waals surface area contributed by atoms with Crippen molar-refractivity contribution in [2.45, 2.75) is 12.5 Å². The average molecular weight is 304 g/mol. The third-order valence-electron chi connectivity index (χ3n) is 2.68. The van der Waals surface area contributed by atoms with Gasteiger partial charge in [0, 0.05) is 5.56 Å². The average Bonchev–Trinajstić information content (AvgIpc) is 2.39. The standard InChI is InChI=1S/C14H9F5O2/c15-11-6-2-5-10(12(11)16)13(20)8-3-1-4-9(7-8)21-14(17,18)19/h1-7,13,20H. The van der Waals surface area contributed by atoms with Gasteiger partial charge in [0.1, 0.15) is 11.9 Å². The zero-order valence-corrected chi connectivity index (χ0v) is 10.4. The van der Waals surface area contributed by atoms with E-state index < -0.39 is 29.9 Å². The molecule has 0 aliphatic rings. The zero-order valence-electron chi connectivity index (χ0n) is 10.4. The Morgan fingerprint density at radius 1 is 1.00 bits per heavy atom. The molecule has 2 aromatic rings. The van der Waals surface area contributed by atoms with Crippen LogP contribution in [0.1, 0.15) is 17.2 Å². The minimum atomic E-state index is -4.88. The van der Waals surface area contributed by atoms with Crippen molar-refractivity contribution in [2.75, 3.05) is 0 Å².